The van der Waals surface area contributed by atoms with Crippen molar-refractivity contribution in [2.75, 3.05) is 26.7 Å². The maximum Gasteiger partial charge on any atom is 0.490 e. The number of rotatable bonds is 2. The molecule has 1 amide bonds. The SMILES string of the molecule is Cc1nc(CN2C(=O)COC3(CCN(C)CC3)C2C)cs1.O=C(O)C(F)(F)F. The van der Waals surface area contributed by atoms with Gasteiger partial charge >= 0.3 is 12.1 Å². The number of aliphatic carboxylic acids is 1. The van der Waals surface area contributed by atoms with Crippen LogP contribution in [0.15, 0.2) is 5.38 Å². The molecule has 1 N–H and O–H groups in total. The number of halogens is 3. The van der Waals surface area contributed by atoms with E-state index >= 15 is 0 Å². The third kappa shape index (κ3) is 5.42. The van der Waals surface area contributed by atoms with Crippen molar-refractivity contribution < 1.29 is 32.6 Å². The zero-order valence-electron chi connectivity index (χ0n) is 16.0. The predicted octanol–water partition coefficient (Wildman–Crippen LogP) is 2.30. The van der Waals surface area contributed by atoms with Gasteiger partial charge in [-0.05, 0) is 33.7 Å². The topological polar surface area (TPSA) is 83.0 Å². The Labute approximate surface area is 165 Å². The highest BCUT2D eigenvalue weighted by molar-refractivity contribution is 7.09. The quantitative estimate of drug-likeness (QED) is 0.786. The van der Waals surface area contributed by atoms with E-state index in [0.717, 1.165) is 36.6 Å². The Bertz CT molecular complexity index is 702. The Morgan fingerprint density at radius 2 is 2.00 bits per heavy atom. The van der Waals surface area contributed by atoms with Gasteiger partial charge in [-0.1, -0.05) is 0 Å². The van der Waals surface area contributed by atoms with Crippen LogP contribution in [0.2, 0.25) is 0 Å². The summed E-state index contributed by atoms with van der Waals surface area (Å²) in [5, 5.41) is 10.2. The highest BCUT2D eigenvalue weighted by Crippen LogP contribution is 2.36. The Kier molecular flexibility index (Phi) is 7.05. The Balaban J connectivity index is 0.000000345. The van der Waals surface area contributed by atoms with Crippen LogP contribution in [0.25, 0.3) is 0 Å². The lowest BCUT2D eigenvalue weighted by Gasteiger charge is -2.51. The number of amides is 1. The predicted molar refractivity (Wildman–Crippen MR) is 96.0 cm³/mol. The van der Waals surface area contributed by atoms with Crippen molar-refractivity contribution in [3.63, 3.8) is 0 Å². The van der Waals surface area contributed by atoms with Crippen molar-refractivity contribution in [1.29, 1.82) is 0 Å². The molecule has 2 fully saturated rings. The summed E-state index contributed by atoms with van der Waals surface area (Å²) in [6.07, 6.45) is -3.10. The van der Waals surface area contributed by atoms with Gasteiger partial charge in [0.05, 0.1) is 28.9 Å². The molecule has 158 valence electrons. The highest BCUT2D eigenvalue weighted by atomic mass is 32.1. The third-order valence-corrected chi connectivity index (χ3v) is 5.93. The summed E-state index contributed by atoms with van der Waals surface area (Å²) in [7, 11) is 2.14. The smallest absolute Gasteiger partial charge is 0.475 e. The molecule has 0 radical (unpaired) electrons. The standard InChI is InChI=1S/C15H23N3O2S.C2HF3O2/c1-11-15(4-6-17(3)7-5-15)20-9-14(19)18(11)8-13-10-21-12(2)16-13;3-2(4,5)1(6)7/h10-11H,4-9H2,1-3H3;(H,6,7). The summed E-state index contributed by atoms with van der Waals surface area (Å²) in [6, 6.07) is 0.106. The van der Waals surface area contributed by atoms with E-state index < -0.39 is 12.1 Å². The maximum atomic E-state index is 12.3. The number of nitrogens with zero attached hydrogens (tertiary/aromatic N) is 3. The summed E-state index contributed by atoms with van der Waals surface area (Å²) in [5.74, 6) is -2.68. The number of hydrogen-bond acceptors (Lipinski definition) is 6. The highest BCUT2D eigenvalue weighted by Gasteiger charge is 2.47. The number of piperidine rings is 1. The van der Waals surface area contributed by atoms with Crippen LogP contribution < -0.4 is 0 Å². The summed E-state index contributed by atoms with van der Waals surface area (Å²) < 4.78 is 37.8. The maximum absolute atomic E-state index is 12.3. The number of alkyl halides is 3. The number of carbonyl (C=O) groups excluding carboxylic acids is 1. The van der Waals surface area contributed by atoms with Crippen molar-refractivity contribution in [1.82, 2.24) is 14.8 Å². The number of carbonyl (C=O) groups is 2. The van der Waals surface area contributed by atoms with Crippen LogP contribution >= 0.6 is 11.3 Å². The average Bonchev–Trinajstić information content (AvgIpc) is 3.02. The number of ether oxygens (including phenoxy) is 1. The second-order valence-corrected chi connectivity index (χ2v) is 8.08. The van der Waals surface area contributed by atoms with E-state index in [9.17, 15) is 18.0 Å². The van der Waals surface area contributed by atoms with Gasteiger partial charge in [0.1, 0.15) is 6.61 Å². The van der Waals surface area contributed by atoms with E-state index in [0.29, 0.717) is 6.54 Å². The average molecular weight is 423 g/mol. The molecule has 0 aromatic carbocycles. The summed E-state index contributed by atoms with van der Waals surface area (Å²) in [6.45, 7) is 6.99. The van der Waals surface area contributed by atoms with E-state index in [1.165, 1.54) is 0 Å². The lowest BCUT2D eigenvalue weighted by Crippen LogP contribution is -2.63. The lowest BCUT2D eigenvalue weighted by atomic mass is 9.82. The van der Waals surface area contributed by atoms with E-state index in [4.69, 9.17) is 14.6 Å². The molecule has 1 atom stereocenters. The fourth-order valence-corrected chi connectivity index (χ4v) is 3.95. The molecule has 2 aliphatic rings. The fourth-order valence-electron chi connectivity index (χ4n) is 3.35. The molecule has 7 nitrogen and oxygen atoms in total. The van der Waals surface area contributed by atoms with Crippen LogP contribution in [0.3, 0.4) is 0 Å². The van der Waals surface area contributed by atoms with E-state index in [2.05, 4.69) is 23.9 Å². The second-order valence-electron chi connectivity index (χ2n) is 7.02. The number of carboxylic acid groups (broad SMARTS) is 1. The largest absolute Gasteiger partial charge is 0.490 e. The molecule has 1 aromatic rings. The third-order valence-electron chi connectivity index (χ3n) is 5.11. The normalized spacial score (nSPS) is 22.7. The minimum absolute atomic E-state index is 0.0812. The van der Waals surface area contributed by atoms with Crippen molar-refractivity contribution in [2.24, 2.45) is 0 Å². The van der Waals surface area contributed by atoms with Crippen LogP contribution in [0, 0.1) is 6.92 Å². The van der Waals surface area contributed by atoms with Gasteiger partial charge in [0.2, 0.25) is 5.91 Å². The van der Waals surface area contributed by atoms with Crippen LogP contribution in [0.4, 0.5) is 13.2 Å². The summed E-state index contributed by atoms with van der Waals surface area (Å²) in [5.41, 5.74) is 0.813. The summed E-state index contributed by atoms with van der Waals surface area (Å²) in [4.78, 5) is 29.9. The number of carboxylic acids is 1. The van der Waals surface area contributed by atoms with Gasteiger partial charge in [0, 0.05) is 18.5 Å². The molecule has 2 aliphatic heterocycles. The Morgan fingerprint density at radius 1 is 1.43 bits per heavy atom. The van der Waals surface area contributed by atoms with Gasteiger partial charge in [0.25, 0.3) is 0 Å². The molecular formula is C17H24F3N3O4S. The van der Waals surface area contributed by atoms with Gasteiger partial charge in [0.15, 0.2) is 0 Å². The lowest BCUT2D eigenvalue weighted by molar-refractivity contribution is -0.192. The zero-order valence-corrected chi connectivity index (χ0v) is 16.8. The van der Waals surface area contributed by atoms with E-state index in [1.54, 1.807) is 11.3 Å². The van der Waals surface area contributed by atoms with Crippen molar-refractivity contribution >= 4 is 23.2 Å². The first-order valence-electron chi connectivity index (χ1n) is 8.78. The van der Waals surface area contributed by atoms with Gasteiger partial charge in [-0.15, -0.1) is 11.3 Å². The first-order valence-corrected chi connectivity index (χ1v) is 9.65. The minimum atomic E-state index is -5.08. The van der Waals surface area contributed by atoms with E-state index in [1.807, 2.05) is 17.2 Å². The second kappa shape index (κ2) is 8.75. The van der Waals surface area contributed by atoms with Crippen LogP contribution in [-0.4, -0.2) is 76.3 Å². The zero-order chi connectivity index (χ0) is 21.1. The molecule has 0 saturated carbocycles. The van der Waals surface area contributed by atoms with Crippen LogP contribution in [-0.2, 0) is 20.9 Å². The van der Waals surface area contributed by atoms with Gasteiger partial charge in [-0.3, -0.25) is 4.79 Å². The number of thiazole rings is 1. The number of morpholine rings is 1. The molecule has 1 spiro atoms. The molecule has 2 saturated heterocycles. The van der Waals surface area contributed by atoms with Gasteiger partial charge in [-0.2, -0.15) is 13.2 Å². The monoisotopic (exact) mass is 423 g/mol. The molecule has 1 aromatic heterocycles. The van der Waals surface area contributed by atoms with Crippen molar-refractivity contribution in [3.8, 4) is 0 Å². The summed E-state index contributed by atoms with van der Waals surface area (Å²) >= 11 is 1.64. The fraction of sp³-hybridized carbons (Fsp3) is 0.706. The van der Waals surface area contributed by atoms with Crippen molar-refractivity contribution in [3.05, 3.63) is 16.1 Å². The Hall–Kier alpha value is -1.72. The van der Waals surface area contributed by atoms with Gasteiger partial charge in [-0.25, -0.2) is 9.78 Å². The van der Waals surface area contributed by atoms with Crippen molar-refractivity contribution in [2.45, 2.75) is 51.1 Å². The van der Waals surface area contributed by atoms with Crippen LogP contribution in [0.1, 0.15) is 30.5 Å². The molecule has 1 unspecified atom stereocenters. The molecule has 0 bridgehead atoms. The Morgan fingerprint density at radius 3 is 2.46 bits per heavy atom. The molecule has 28 heavy (non-hydrogen) atoms. The minimum Gasteiger partial charge on any atom is -0.475 e. The van der Waals surface area contributed by atoms with Crippen LogP contribution in [0.5, 0.6) is 0 Å². The molecule has 0 aliphatic carbocycles. The number of aromatic nitrogens is 1. The first kappa shape index (κ1) is 22.6. The first-order chi connectivity index (χ1) is 12.9. The molecule has 11 heteroatoms. The molecule has 3 rings (SSSR count). The number of aryl methyl sites for hydroxylation is 1. The van der Waals surface area contributed by atoms with E-state index in [-0.39, 0.29) is 24.2 Å². The molecule has 3 heterocycles. The van der Waals surface area contributed by atoms with Gasteiger partial charge < -0.3 is 19.6 Å². The number of likely N-dealkylation sites (tertiary alicyclic amines) is 1. The number of hydrogen-bond donors (Lipinski definition) is 1. The molecular weight excluding hydrogens is 399 g/mol.